The normalized spacial score (nSPS) is 9.95. The smallest absolute Gasteiger partial charge is 0.325 e. The molecule has 0 unspecified atom stereocenters. The molecule has 0 aromatic carbocycles. The summed E-state index contributed by atoms with van der Waals surface area (Å²) in [5.41, 5.74) is -0.111. The number of nitriles is 1. The van der Waals surface area contributed by atoms with Gasteiger partial charge in [0.1, 0.15) is 18.0 Å². The fourth-order valence-electron chi connectivity index (χ4n) is 1.82. The molecule has 0 radical (unpaired) electrons. The Hall–Kier alpha value is -3.15. The number of methoxy groups -OCH3 is 2. The summed E-state index contributed by atoms with van der Waals surface area (Å²) in [5.74, 6) is 0.904. The molecule has 9 heteroatoms. The Morgan fingerprint density at radius 3 is 2.76 bits per heavy atom. The quantitative estimate of drug-likeness (QED) is 0.598. The van der Waals surface area contributed by atoms with Gasteiger partial charge >= 0.3 is 5.69 Å². The molecule has 2 heterocycles. The van der Waals surface area contributed by atoms with Gasteiger partial charge in [-0.25, -0.2) is 0 Å². The molecule has 0 aliphatic heterocycles. The largest absolute Gasteiger partial charge is 0.493 e. The van der Waals surface area contributed by atoms with Crippen molar-refractivity contribution >= 4 is 5.69 Å². The van der Waals surface area contributed by atoms with E-state index in [1.165, 1.54) is 31.3 Å². The highest BCUT2D eigenvalue weighted by molar-refractivity contribution is 5.44. The molecule has 0 aliphatic carbocycles. The maximum Gasteiger partial charge on any atom is 0.325 e. The van der Waals surface area contributed by atoms with Crippen molar-refractivity contribution in [3.63, 3.8) is 0 Å². The van der Waals surface area contributed by atoms with Gasteiger partial charge in [0.05, 0.1) is 25.7 Å². The van der Waals surface area contributed by atoms with E-state index in [2.05, 4.69) is 10.1 Å². The molecule has 0 atom stereocenters. The summed E-state index contributed by atoms with van der Waals surface area (Å²) < 4.78 is 11.6. The highest BCUT2D eigenvalue weighted by Gasteiger charge is 2.20. The monoisotopic (exact) mass is 289 g/mol. The number of nitrogens with zero attached hydrogens (tertiary/aromatic N) is 5. The second kappa shape index (κ2) is 5.87. The Morgan fingerprint density at radius 2 is 2.24 bits per heavy atom. The molecular formula is C12H11N5O4. The van der Waals surface area contributed by atoms with E-state index in [0.717, 1.165) is 0 Å². The summed E-state index contributed by atoms with van der Waals surface area (Å²) in [6, 6.07) is 3.32. The Morgan fingerprint density at radius 1 is 1.48 bits per heavy atom. The molecule has 0 fully saturated rings. The highest BCUT2D eigenvalue weighted by Crippen LogP contribution is 2.29. The average molecular weight is 289 g/mol. The maximum absolute atomic E-state index is 10.8. The molecule has 108 valence electrons. The van der Waals surface area contributed by atoms with Crippen LogP contribution in [0.5, 0.6) is 11.5 Å². The minimum Gasteiger partial charge on any atom is -0.493 e. The van der Waals surface area contributed by atoms with Crippen LogP contribution in [0.2, 0.25) is 0 Å². The first-order valence-electron chi connectivity index (χ1n) is 5.78. The van der Waals surface area contributed by atoms with Gasteiger partial charge in [0.25, 0.3) is 0 Å². The summed E-state index contributed by atoms with van der Waals surface area (Å²) in [6.07, 6.45) is 2.71. The molecule has 2 aromatic heterocycles. The van der Waals surface area contributed by atoms with Gasteiger partial charge in [0, 0.05) is 12.3 Å². The molecule has 0 saturated carbocycles. The van der Waals surface area contributed by atoms with Gasteiger partial charge in [0.15, 0.2) is 11.5 Å². The average Bonchev–Trinajstić information content (AvgIpc) is 2.90. The molecule has 0 bridgehead atoms. The molecule has 0 saturated heterocycles. The summed E-state index contributed by atoms with van der Waals surface area (Å²) >= 11 is 0. The van der Waals surface area contributed by atoms with Gasteiger partial charge in [-0.2, -0.15) is 10.4 Å². The number of nitro groups is 1. The van der Waals surface area contributed by atoms with E-state index < -0.39 is 4.92 Å². The topological polar surface area (TPSA) is 116 Å². The molecule has 2 aromatic rings. The summed E-state index contributed by atoms with van der Waals surface area (Å²) in [5, 5.41) is 23.5. The number of hydrogen-bond acceptors (Lipinski definition) is 7. The van der Waals surface area contributed by atoms with Crippen LogP contribution in [0.3, 0.4) is 0 Å². The Labute approximate surface area is 119 Å². The molecule has 0 N–H and O–H groups in total. The van der Waals surface area contributed by atoms with Crippen molar-refractivity contribution in [1.29, 1.82) is 5.26 Å². The van der Waals surface area contributed by atoms with Gasteiger partial charge < -0.3 is 9.47 Å². The molecule has 9 nitrogen and oxygen atoms in total. The lowest BCUT2D eigenvalue weighted by atomic mass is 10.3. The van der Waals surface area contributed by atoms with Crippen LogP contribution in [0.4, 0.5) is 5.69 Å². The van der Waals surface area contributed by atoms with Gasteiger partial charge in [-0.15, -0.1) is 0 Å². The van der Waals surface area contributed by atoms with Crippen molar-refractivity contribution in [2.45, 2.75) is 6.54 Å². The van der Waals surface area contributed by atoms with Crippen molar-refractivity contribution in [2.24, 2.45) is 0 Å². The first kappa shape index (κ1) is 14.3. The van der Waals surface area contributed by atoms with E-state index in [9.17, 15) is 10.1 Å². The molecular weight excluding hydrogens is 278 g/mol. The lowest BCUT2D eigenvalue weighted by Gasteiger charge is -2.11. The summed E-state index contributed by atoms with van der Waals surface area (Å²) in [4.78, 5) is 14.3. The standard InChI is InChI=1S/C12H11N5O4/c1-20-11-3-4-14-9(12(11)21-2)6-16-7-10(17(18)19)8(5-13)15-16/h3-4,7H,6H2,1-2H3. The maximum atomic E-state index is 10.8. The second-order valence-electron chi connectivity index (χ2n) is 3.92. The third-order valence-electron chi connectivity index (χ3n) is 2.72. The fraction of sp³-hybridized carbons (Fsp3) is 0.250. The van der Waals surface area contributed by atoms with Crippen molar-refractivity contribution in [1.82, 2.24) is 14.8 Å². The number of hydrogen-bond donors (Lipinski definition) is 0. The summed E-state index contributed by atoms with van der Waals surface area (Å²) in [7, 11) is 2.96. The Bertz CT molecular complexity index is 719. The van der Waals surface area contributed by atoms with E-state index in [1.54, 1.807) is 12.1 Å². The van der Waals surface area contributed by atoms with Crippen molar-refractivity contribution in [3.8, 4) is 17.6 Å². The predicted octanol–water partition coefficient (Wildman–Crippen LogP) is 1.12. The second-order valence-corrected chi connectivity index (χ2v) is 3.92. The first-order valence-corrected chi connectivity index (χ1v) is 5.78. The van der Waals surface area contributed by atoms with Crippen LogP contribution in [0.1, 0.15) is 11.4 Å². The van der Waals surface area contributed by atoms with Crippen LogP contribution in [0.15, 0.2) is 18.5 Å². The molecule has 0 spiro atoms. The number of rotatable bonds is 5. The van der Waals surface area contributed by atoms with Crippen LogP contribution >= 0.6 is 0 Å². The van der Waals surface area contributed by atoms with Gasteiger partial charge in [0.2, 0.25) is 5.69 Å². The van der Waals surface area contributed by atoms with Crippen molar-refractivity contribution in [3.05, 3.63) is 40.0 Å². The third-order valence-corrected chi connectivity index (χ3v) is 2.72. The first-order chi connectivity index (χ1) is 10.1. The van der Waals surface area contributed by atoms with Crippen LogP contribution < -0.4 is 9.47 Å². The minimum absolute atomic E-state index is 0.114. The highest BCUT2D eigenvalue weighted by atomic mass is 16.6. The van der Waals surface area contributed by atoms with E-state index in [4.69, 9.17) is 14.7 Å². The van der Waals surface area contributed by atoms with E-state index in [-0.39, 0.29) is 17.9 Å². The molecule has 21 heavy (non-hydrogen) atoms. The lowest BCUT2D eigenvalue weighted by Crippen LogP contribution is -2.06. The van der Waals surface area contributed by atoms with E-state index >= 15 is 0 Å². The van der Waals surface area contributed by atoms with Crippen molar-refractivity contribution in [2.75, 3.05) is 14.2 Å². The van der Waals surface area contributed by atoms with Gasteiger partial charge in [-0.3, -0.25) is 19.8 Å². The Balaban J connectivity index is 2.39. The van der Waals surface area contributed by atoms with Crippen molar-refractivity contribution < 1.29 is 14.4 Å². The minimum atomic E-state index is -0.654. The zero-order valence-electron chi connectivity index (χ0n) is 11.3. The third kappa shape index (κ3) is 2.74. The van der Waals surface area contributed by atoms with Crippen LogP contribution in [-0.2, 0) is 6.54 Å². The number of aromatic nitrogens is 3. The van der Waals surface area contributed by atoms with Gasteiger partial charge in [-0.1, -0.05) is 0 Å². The van der Waals surface area contributed by atoms with Crippen LogP contribution in [0.25, 0.3) is 0 Å². The molecule has 0 aliphatic rings. The van der Waals surface area contributed by atoms with E-state index in [0.29, 0.717) is 17.2 Å². The molecule has 0 amide bonds. The number of ether oxygens (including phenoxy) is 2. The zero-order valence-corrected chi connectivity index (χ0v) is 11.3. The SMILES string of the molecule is COc1ccnc(Cn2cc([N+](=O)[O-])c(C#N)n2)c1OC. The van der Waals surface area contributed by atoms with Crippen LogP contribution in [0, 0.1) is 21.4 Å². The van der Waals surface area contributed by atoms with Crippen LogP contribution in [-0.4, -0.2) is 33.9 Å². The fourth-order valence-corrected chi connectivity index (χ4v) is 1.82. The number of pyridine rings is 1. The summed E-state index contributed by atoms with van der Waals surface area (Å²) in [6.45, 7) is 0.114. The van der Waals surface area contributed by atoms with E-state index in [1.807, 2.05) is 0 Å². The predicted molar refractivity (Wildman–Crippen MR) is 70.0 cm³/mol. The lowest BCUT2D eigenvalue weighted by molar-refractivity contribution is -0.385. The van der Waals surface area contributed by atoms with Gasteiger partial charge in [-0.05, 0) is 0 Å². The Kier molecular flexibility index (Phi) is 3.99. The molecule has 2 rings (SSSR count). The zero-order chi connectivity index (χ0) is 15.4.